The molecule has 0 radical (unpaired) electrons. The quantitative estimate of drug-likeness (QED) is 0.500. The molecular formula is C22H18N4O3. The van der Waals surface area contributed by atoms with Crippen LogP contribution in [-0.2, 0) is 0 Å². The van der Waals surface area contributed by atoms with E-state index in [0.717, 1.165) is 10.9 Å². The van der Waals surface area contributed by atoms with Crippen molar-refractivity contribution in [3.8, 4) is 17.4 Å². The summed E-state index contributed by atoms with van der Waals surface area (Å²) in [5, 5.41) is 6.47. The van der Waals surface area contributed by atoms with Gasteiger partial charge in [0.05, 0.1) is 12.6 Å². The minimum Gasteiger partial charge on any atom is -0.479 e. The molecule has 2 aromatic carbocycles. The van der Waals surface area contributed by atoms with E-state index in [1.165, 1.54) is 7.11 Å². The Morgan fingerprint density at radius 2 is 1.62 bits per heavy atom. The first-order chi connectivity index (χ1) is 14.2. The van der Waals surface area contributed by atoms with Crippen LogP contribution < -0.4 is 20.1 Å². The summed E-state index contributed by atoms with van der Waals surface area (Å²) in [6.07, 6.45) is 3.32. The molecular weight excluding hydrogens is 368 g/mol. The van der Waals surface area contributed by atoms with E-state index in [1.54, 1.807) is 48.8 Å². The Kier molecular flexibility index (Phi) is 5.20. The molecule has 2 aromatic heterocycles. The molecule has 0 bridgehead atoms. The Hall–Kier alpha value is -4.13. The number of methoxy groups -OCH3 is 1. The molecule has 0 atom stereocenters. The van der Waals surface area contributed by atoms with Gasteiger partial charge < -0.3 is 20.1 Å². The number of benzene rings is 2. The Morgan fingerprint density at radius 3 is 2.38 bits per heavy atom. The molecule has 0 aliphatic heterocycles. The van der Waals surface area contributed by atoms with Crippen LogP contribution in [0.3, 0.4) is 0 Å². The van der Waals surface area contributed by atoms with Crippen LogP contribution in [0.25, 0.3) is 10.9 Å². The van der Waals surface area contributed by atoms with Crippen molar-refractivity contribution in [3.05, 3.63) is 79.1 Å². The summed E-state index contributed by atoms with van der Waals surface area (Å²) in [6.45, 7) is 0. The number of carbonyl (C=O) groups is 1. The third kappa shape index (κ3) is 4.41. The van der Waals surface area contributed by atoms with Crippen LogP contribution in [-0.4, -0.2) is 23.1 Å². The van der Waals surface area contributed by atoms with Gasteiger partial charge in [0.15, 0.2) is 0 Å². The number of urea groups is 1. The first kappa shape index (κ1) is 18.2. The Balaban J connectivity index is 1.44. The molecule has 0 saturated carbocycles. The lowest BCUT2D eigenvalue weighted by atomic mass is 10.2. The molecule has 7 nitrogen and oxygen atoms in total. The summed E-state index contributed by atoms with van der Waals surface area (Å²) in [7, 11) is 1.52. The maximum Gasteiger partial charge on any atom is 0.323 e. The standard InChI is InChI=1S/C22H18N4O3/c1-28-21-20(14-15-4-2-3-5-19(15)25-21)26-22(27)24-16-6-8-17(9-7-16)29-18-10-12-23-13-11-18/h2-14H,1H3,(H2,24,26,27). The summed E-state index contributed by atoms with van der Waals surface area (Å²) < 4.78 is 11.0. The summed E-state index contributed by atoms with van der Waals surface area (Å²) in [6, 6.07) is 19.6. The first-order valence-corrected chi connectivity index (χ1v) is 8.91. The minimum atomic E-state index is -0.400. The van der Waals surface area contributed by atoms with E-state index >= 15 is 0 Å². The van der Waals surface area contributed by atoms with Crippen molar-refractivity contribution in [1.29, 1.82) is 0 Å². The SMILES string of the molecule is COc1nc2ccccc2cc1NC(=O)Nc1ccc(Oc2ccncc2)cc1. The average molecular weight is 386 g/mol. The van der Waals surface area contributed by atoms with Gasteiger partial charge in [0.25, 0.3) is 0 Å². The predicted molar refractivity (Wildman–Crippen MR) is 112 cm³/mol. The van der Waals surface area contributed by atoms with Crippen LogP contribution in [0.5, 0.6) is 17.4 Å². The second-order valence-electron chi connectivity index (χ2n) is 6.13. The monoisotopic (exact) mass is 386 g/mol. The van der Waals surface area contributed by atoms with E-state index < -0.39 is 6.03 Å². The van der Waals surface area contributed by atoms with Crippen LogP contribution in [0.2, 0.25) is 0 Å². The molecule has 144 valence electrons. The zero-order chi connectivity index (χ0) is 20.1. The molecule has 0 unspecified atom stereocenters. The van der Waals surface area contributed by atoms with Crippen LogP contribution in [0.15, 0.2) is 79.1 Å². The van der Waals surface area contributed by atoms with Crippen molar-refractivity contribution >= 4 is 28.3 Å². The number of hydrogen-bond acceptors (Lipinski definition) is 5. The van der Waals surface area contributed by atoms with Crippen LogP contribution in [0, 0.1) is 0 Å². The predicted octanol–water partition coefficient (Wildman–Crippen LogP) is 5.07. The zero-order valence-corrected chi connectivity index (χ0v) is 15.6. The normalized spacial score (nSPS) is 10.4. The van der Waals surface area contributed by atoms with Gasteiger partial charge in [-0.3, -0.25) is 4.98 Å². The van der Waals surface area contributed by atoms with E-state index in [1.807, 2.05) is 30.3 Å². The number of nitrogens with one attached hydrogen (secondary N) is 2. The maximum absolute atomic E-state index is 12.4. The Morgan fingerprint density at radius 1 is 0.897 bits per heavy atom. The van der Waals surface area contributed by atoms with Crippen molar-refractivity contribution in [2.75, 3.05) is 17.7 Å². The average Bonchev–Trinajstić information content (AvgIpc) is 2.75. The highest BCUT2D eigenvalue weighted by Crippen LogP contribution is 2.27. The largest absolute Gasteiger partial charge is 0.479 e. The lowest BCUT2D eigenvalue weighted by Gasteiger charge is -2.12. The number of hydrogen-bond donors (Lipinski definition) is 2. The van der Waals surface area contributed by atoms with E-state index in [0.29, 0.717) is 28.8 Å². The number of anilines is 2. The van der Waals surface area contributed by atoms with E-state index in [9.17, 15) is 4.79 Å². The third-order valence-electron chi connectivity index (χ3n) is 4.13. The summed E-state index contributed by atoms with van der Waals surface area (Å²) >= 11 is 0. The number of fused-ring (bicyclic) bond motifs is 1. The number of nitrogens with zero attached hydrogens (tertiary/aromatic N) is 2. The van der Waals surface area contributed by atoms with E-state index in [-0.39, 0.29) is 0 Å². The second kappa shape index (κ2) is 8.26. The van der Waals surface area contributed by atoms with Crippen LogP contribution in [0.1, 0.15) is 0 Å². The fourth-order valence-electron chi connectivity index (χ4n) is 2.78. The van der Waals surface area contributed by atoms with Crippen LogP contribution >= 0.6 is 0 Å². The summed E-state index contributed by atoms with van der Waals surface area (Å²) in [4.78, 5) is 20.8. The van der Waals surface area contributed by atoms with Crippen molar-refractivity contribution < 1.29 is 14.3 Å². The number of ether oxygens (including phenoxy) is 2. The molecule has 2 heterocycles. The number of para-hydroxylation sites is 1. The van der Waals surface area contributed by atoms with Crippen molar-refractivity contribution in [3.63, 3.8) is 0 Å². The molecule has 4 aromatic rings. The third-order valence-corrected chi connectivity index (χ3v) is 4.13. The molecule has 0 fully saturated rings. The molecule has 0 spiro atoms. The molecule has 0 aliphatic carbocycles. The molecule has 2 amide bonds. The maximum atomic E-state index is 12.4. The fourth-order valence-corrected chi connectivity index (χ4v) is 2.78. The summed E-state index contributed by atoms with van der Waals surface area (Å²) in [5.74, 6) is 1.69. The van der Waals surface area contributed by atoms with Crippen molar-refractivity contribution in [2.24, 2.45) is 0 Å². The molecule has 7 heteroatoms. The topological polar surface area (TPSA) is 85.4 Å². The van der Waals surface area contributed by atoms with Gasteiger partial charge >= 0.3 is 6.03 Å². The number of carbonyl (C=O) groups excluding carboxylic acids is 1. The number of pyridine rings is 2. The molecule has 2 N–H and O–H groups in total. The number of amides is 2. The van der Waals surface area contributed by atoms with Crippen LogP contribution in [0.4, 0.5) is 16.2 Å². The highest BCUT2D eigenvalue weighted by Gasteiger charge is 2.11. The van der Waals surface area contributed by atoms with Gasteiger partial charge in [-0.15, -0.1) is 0 Å². The van der Waals surface area contributed by atoms with E-state index in [4.69, 9.17) is 9.47 Å². The zero-order valence-electron chi connectivity index (χ0n) is 15.6. The number of aromatic nitrogens is 2. The minimum absolute atomic E-state index is 0.347. The Labute approximate surface area is 167 Å². The van der Waals surface area contributed by atoms with E-state index in [2.05, 4.69) is 20.6 Å². The second-order valence-corrected chi connectivity index (χ2v) is 6.13. The fraction of sp³-hybridized carbons (Fsp3) is 0.0455. The molecule has 4 rings (SSSR count). The van der Waals surface area contributed by atoms with Crippen molar-refractivity contribution in [2.45, 2.75) is 0 Å². The Bertz CT molecular complexity index is 1130. The number of rotatable bonds is 5. The van der Waals surface area contributed by atoms with Gasteiger partial charge in [0.2, 0.25) is 5.88 Å². The van der Waals surface area contributed by atoms with Gasteiger partial charge in [-0.25, -0.2) is 9.78 Å². The molecule has 29 heavy (non-hydrogen) atoms. The van der Waals surface area contributed by atoms with Gasteiger partial charge in [-0.05, 0) is 48.5 Å². The lowest BCUT2D eigenvalue weighted by molar-refractivity contribution is 0.262. The van der Waals surface area contributed by atoms with Gasteiger partial charge in [-0.1, -0.05) is 18.2 Å². The highest BCUT2D eigenvalue weighted by molar-refractivity contribution is 6.01. The van der Waals surface area contributed by atoms with Gasteiger partial charge in [-0.2, -0.15) is 0 Å². The van der Waals surface area contributed by atoms with Gasteiger partial charge in [0, 0.05) is 23.5 Å². The molecule has 0 aliphatic rings. The smallest absolute Gasteiger partial charge is 0.323 e. The van der Waals surface area contributed by atoms with Crippen molar-refractivity contribution in [1.82, 2.24) is 9.97 Å². The molecule has 0 saturated heterocycles. The highest BCUT2D eigenvalue weighted by atomic mass is 16.5. The van der Waals surface area contributed by atoms with Gasteiger partial charge in [0.1, 0.15) is 17.2 Å². The first-order valence-electron chi connectivity index (χ1n) is 8.91. The summed E-state index contributed by atoms with van der Waals surface area (Å²) in [5.41, 5.74) is 1.90. The lowest BCUT2D eigenvalue weighted by Crippen LogP contribution is -2.20.